The van der Waals surface area contributed by atoms with Crippen LogP contribution in [0.1, 0.15) is 37.8 Å². The highest BCUT2D eigenvalue weighted by Crippen LogP contribution is 2.62. The maximum absolute atomic E-state index is 4.59. The summed E-state index contributed by atoms with van der Waals surface area (Å²) in [5.74, 6) is 0.897. The average molecular weight is 213 g/mol. The van der Waals surface area contributed by atoms with Crippen molar-refractivity contribution < 1.29 is 0 Å². The highest BCUT2D eigenvalue weighted by Gasteiger charge is 2.57. The van der Waals surface area contributed by atoms with Crippen LogP contribution in [0.15, 0.2) is 18.6 Å². The Hall–Kier alpha value is -1.38. The highest BCUT2D eigenvalue weighted by atomic mass is 14.9. The maximum Gasteiger partial charge on any atom is 0.140 e. The molecule has 0 saturated heterocycles. The molecule has 82 valence electrons. The fourth-order valence-corrected chi connectivity index (χ4v) is 3.57. The van der Waals surface area contributed by atoms with Gasteiger partial charge in [-0.3, -0.25) is 0 Å². The van der Waals surface area contributed by atoms with E-state index in [9.17, 15) is 0 Å². The highest BCUT2D eigenvalue weighted by molar-refractivity contribution is 5.79. The Morgan fingerprint density at radius 1 is 1.31 bits per heavy atom. The van der Waals surface area contributed by atoms with Crippen LogP contribution in [0.4, 0.5) is 0 Å². The first-order valence-corrected chi connectivity index (χ1v) is 6.19. The minimum absolute atomic E-state index is 0.418. The first-order chi connectivity index (χ1) is 7.90. The molecule has 2 aromatic rings. The molecule has 2 aliphatic carbocycles. The van der Waals surface area contributed by atoms with E-state index in [4.69, 9.17) is 0 Å². The second-order valence-corrected chi connectivity index (χ2v) is 5.27. The average Bonchev–Trinajstić information content (AvgIpc) is 2.88. The van der Waals surface area contributed by atoms with Crippen LogP contribution in [0, 0.1) is 5.92 Å². The van der Waals surface area contributed by atoms with Gasteiger partial charge < -0.3 is 4.98 Å². The number of aromatic nitrogens is 3. The molecule has 0 radical (unpaired) electrons. The summed E-state index contributed by atoms with van der Waals surface area (Å²) in [5, 5.41) is 1.24. The Kier molecular flexibility index (Phi) is 1.55. The Morgan fingerprint density at radius 2 is 2.31 bits per heavy atom. The molecule has 4 rings (SSSR count). The number of H-pyrrole nitrogens is 1. The van der Waals surface area contributed by atoms with E-state index >= 15 is 0 Å². The van der Waals surface area contributed by atoms with Gasteiger partial charge in [-0.1, -0.05) is 12.8 Å². The van der Waals surface area contributed by atoms with Crippen LogP contribution in [0.25, 0.3) is 11.0 Å². The number of fused-ring (bicyclic) bond motifs is 2. The van der Waals surface area contributed by atoms with Crippen LogP contribution in [0.5, 0.6) is 0 Å². The molecule has 2 heterocycles. The van der Waals surface area contributed by atoms with E-state index in [1.54, 1.807) is 6.33 Å². The van der Waals surface area contributed by atoms with E-state index in [-0.39, 0.29) is 0 Å². The summed E-state index contributed by atoms with van der Waals surface area (Å²) in [5.41, 5.74) is 2.72. The van der Waals surface area contributed by atoms with Crippen molar-refractivity contribution in [3.05, 3.63) is 24.3 Å². The third-order valence-corrected chi connectivity index (χ3v) is 4.48. The van der Waals surface area contributed by atoms with Crippen molar-refractivity contribution in [3.63, 3.8) is 0 Å². The molecule has 16 heavy (non-hydrogen) atoms. The minimum atomic E-state index is 0.418. The van der Waals surface area contributed by atoms with Crippen molar-refractivity contribution in [3.8, 4) is 0 Å². The molecule has 2 fully saturated rings. The fourth-order valence-electron chi connectivity index (χ4n) is 3.57. The van der Waals surface area contributed by atoms with Crippen LogP contribution in [-0.4, -0.2) is 15.0 Å². The lowest BCUT2D eigenvalue weighted by Gasteiger charge is -2.21. The Bertz CT molecular complexity index is 545. The minimum Gasteiger partial charge on any atom is -0.346 e. The summed E-state index contributed by atoms with van der Waals surface area (Å²) in [6, 6.07) is 2.13. The number of rotatable bonds is 1. The summed E-state index contributed by atoms with van der Waals surface area (Å²) in [6.45, 7) is 0. The first kappa shape index (κ1) is 8.74. The van der Waals surface area contributed by atoms with Crippen LogP contribution in [0.2, 0.25) is 0 Å². The van der Waals surface area contributed by atoms with Gasteiger partial charge in [0.2, 0.25) is 0 Å². The van der Waals surface area contributed by atoms with Gasteiger partial charge in [0, 0.05) is 17.0 Å². The van der Waals surface area contributed by atoms with E-state index in [0.29, 0.717) is 5.41 Å². The third kappa shape index (κ3) is 0.984. The molecule has 0 amide bonds. The van der Waals surface area contributed by atoms with Gasteiger partial charge in [0.15, 0.2) is 0 Å². The lowest BCUT2D eigenvalue weighted by molar-refractivity contribution is 0.423. The van der Waals surface area contributed by atoms with Crippen LogP contribution in [-0.2, 0) is 5.41 Å². The van der Waals surface area contributed by atoms with Gasteiger partial charge in [-0.25, -0.2) is 9.97 Å². The quantitative estimate of drug-likeness (QED) is 0.791. The first-order valence-electron chi connectivity index (χ1n) is 6.19. The molecule has 3 nitrogen and oxygen atoms in total. The predicted octanol–water partition coefficient (Wildman–Crippen LogP) is 2.79. The zero-order valence-electron chi connectivity index (χ0n) is 9.24. The molecule has 2 aliphatic rings. The largest absolute Gasteiger partial charge is 0.346 e. The summed E-state index contributed by atoms with van der Waals surface area (Å²) >= 11 is 0. The summed E-state index contributed by atoms with van der Waals surface area (Å²) in [4.78, 5) is 12.0. The Balaban J connectivity index is 1.90. The number of aromatic amines is 1. The molecule has 2 saturated carbocycles. The zero-order valence-corrected chi connectivity index (χ0v) is 9.24. The second kappa shape index (κ2) is 2.84. The molecule has 2 aromatic heterocycles. The van der Waals surface area contributed by atoms with Gasteiger partial charge in [0.25, 0.3) is 0 Å². The van der Waals surface area contributed by atoms with Crippen molar-refractivity contribution in [1.82, 2.24) is 15.0 Å². The van der Waals surface area contributed by atoms with Gasteiger partial charge in [-0.05, 0) is 31.2 Å². The van der Waals surface area contributed by atoms with Crippen molar-refractivity contribution in [1.29, 1.82) is 0 Å². The van der Waals surface area contributed by atoms with Gasteiger partial charge in [0.1, 0.15) is 12.0 Å². The Labute approximate surface area is 94.3 Å². The van der Waals surface area contributed by atoms with Crippen molar-refractivity contribution in [2.45, 2.75) is 37.5 Å². The van der Waals surface area contributed by atoms with Crippen molar-refractivity contribution >= 4 is 11.0 Å². The number of hydrogen-bond donors (Lipinski definition) is 1. The topological polar surface area (TPSA) is 41.6 Å². The molecular weight excluding hydrogens is 198 g/mol. The molecule has 0 aromatic carbocycles. The molecule has 2 atom stereocenters. The smallest absolute Gasteiger partial charge is 0.140 e. The molecule has 0 spiro atoms. The predicted molar refractivity (Wildman–Crippen MR) is 62.1 cm³/mol. The summed E-state index contributed by atoms with van der Waals surface area (Å²) in [6.07, 6.45) is 10.5. The van der Waals surface area contributed by atoms with Crippen LogP contribution in [0.3, 0.4) is 0 Å². The number of hydrogen-bond acceptors (Lipinski definition) is 2. The normalized spacial score (nSPS) is 32.6. The SMILES string of the molecule is c1nc(C23CCCCC2C3)c2cc[nH]c2n1. The number of nitrogens with one attached hydrogen (secondary N) is 1. The van der Waals surface area contributed by atoms with Gasteiger partial charge in [-0.15, -0.1) is 0 Å². The molecule has 1 N–H and O–H groups in total. The summed E-state index contributed by atoms with van der Waals surface area (Å²) < 4.78 is 0. The lowest BCUT2D eigenvalue weighted by atomic mass is 9.85. The molecule has 2 unspecified atom stereocenters. The van der Waals surface area contributed by atoms with E-state index in [2.05, 4.69) is 21.0 Å². The third-order valence-electron chi connectivity index (χ3n) is 4.48. The van der Waals surface area contributed by atoms with E-state index in [1.165, 1.54) is 43.2 Å². The van der Waals surface area contributed by atoms with Crippen LogP contribution < -0.4 is 0 Å². The Morgan fingerprint density at radius 3 is 3.25 bits per heavy atom. The standard InChI is InChI=1S/C13H15N3/c1-2-5-13(7-9(13)3-1)11-10-4-6-14-12(10)16-8-15-11/h4,6,8-9H,1-3,5,7H2,(H,14,15,16). The van der Waals surface area contributed by atoms with Gasteiger partial charge >= 0.3 is 0 Å². The van der Waals surface area contributed by atoms with E-state index < -0.39 is 0 Å². The van der Waals surface area contributed by atoms with Crippen LogP contribution >= 0.6 is 0 Å². The van der Waals surface area contributed by atoms with Gasteiger partial charge in [-0.2, -0.15) is 0 Å². The maximum atomic E-state index is 4.59. The molecule has 3 heteroatoms. The summed E-state index contributed by atoms with van der Waals surface area (Å²) in [7, 11) is 0. The zero-order chi connectivity index (χ0) is 10.6. The van der Waals surface area contributed by atoms with Crippen molar-refractivity contribution in [2.75, 3.05) is 0 Å². The molecule has 0 bridgehead atoms. The van der Waals surface area contributed by atoms with E-state index in [1.807, 2.05) is 6.20 Å². The van der Waals surface area contributed by atoms with Gasteiger partial charge in [0.05, 0.1) is 5.69 Å². The second-order valence-electron chi connectivity index (χ2n) is 5.27. The molecule has 0 aliphatic heterocycles. The van der Waals surface area contributed by atoms with E-state index in [0.717, 1.165) is 11.6 Å². The number of nitrogens with zero attached hydrogens (tertiary/aromatic N) is 2. The van der Waals surface area contributed by atoms with Crippen molar-refractivity contribution in [2.24, 2.45) is 5.92 Å². The molecular formula is C13H15N3. The lowest BCUT2D eigenvalue weighted by Crippen LogP contribution is -2.16. The fraction of sp³-hybridized carbons (Fsp3) is 0.538. The monoisotopic (exact) mass is 213 g/mol.